The number of anilines is 1. The molecule has 0 N–H and O–H groups in total. The van der Waals surface area contributed by atoms with E-state index in [1.807, 2.05) is 0 Å². The van der Waals surface area contributed by atoms with Gasteiger partial charge in [-0.25, -0.2) is 0 Å². The summed E-state index contributed by atoms with van der Waals surface area (Å²) < 4.78 is 0. The Labute approximate surface area is 101 Å². The molecule has 16 heavy (non-hydrogen) atoms. The van der Waals surface area contributed by atoms with Crippen molar-refractivity contribution in [1.29, 1.82) is 0 Å². The predicted molar refractivity (Wildman–Crippen MR) is 74.1 cm³/mol. The van der Waals surface area contributed by atoms with Crippen LogP contribution in [0, 0.1) is 6.92 Å². The molecule has 2 rings (SSSR count). The van der Waals surface area contributed by atoms with Gasteiger partial charge < -0.3 is 4.90 Å². The lowest BCUT2D eigenvalue weighted by Gasteiger charge is -2.41. The van der Waals surface area contributed by atoms with Crippen LogP contribution in [-0.2, 0) is 0 Å². The number of rotatable bonds is 2. The van der Waals surface area contributed by atoms with Gasteiger partial charge in [-0.05, 0) is 31.5 Å². The van der Waals surface area contributed by atoms with Gasteiger partial charge >= 0.3 is 0 Å². The topological polar surface area (TPSA) is 6.48 Å². The largest absolute Gasteiger partial charge is 0.366 e. The van der Waals surface area contributed by atoms with E-state index in [9.17, 15) is 0 Å². The van der Waals surface area contributed by atoms with E-state index >= 15 is 0 Å². The third-order valence-electron chi connectivity index (χ3n) is 3.30. The molecule has 88 valence electrons. The molecule has 1 heterocycles. The number of piperazine rings is 1. The SMILES string of the molecule is Cc1cccc(N2CCN(CP)CC2C)c1. The van der Waals surface area contributed by atoms with Gasteiger partial charge in [0.1, 0.15) is 0 Å². The monoisotopic (exact) mass is 236 g/mol. The van der Waals surface area contributed by atoms with Crippen molar-refractivity contribution in [3.63, 3.8) is 0 Å². The number of nitrogens with zero attached hydrogens (tertiary/aromatic N) is 2. The normalized spacial score (nSPS) is 22.4. The smallest absolute Gasteiger partial charge is 0.0389 e. The lowest BCUT2D eigenvalue weighted by molar-refractivity contribution is 0.265. The van der Waals surface area contributed by atoms with Crippen LogP contribution in [0.4, 0.5) is 5.69 Å². The molecular formula is C13H21N2P. The van der Waals surface area contributed by atoms with Crippen LogP contribution in [0.1, 0.15) is 12.5 Å². The first-order valence-electron chi connectivity index (χ1n) is 5.96. The fourth-order valence-electron chi connectivity index (χ4n) is 2.39. The minimum Gasteiger partial charge on any atom is -0.366 e. The molecule has 1 fully saturated rings. The predicted octanol–water partition coefficient (Wildman–Crippen LogP) is 2.34. The molecule has 0 amide bonds. The summed E-state index contributed by atoms with van der Waals surface area (Å²) in [4.78, 5) is 5.01. The number of hydrogen-bond donors (Lipinski definition) is 0. The highest BCUT2D eigenvalue weighted by Crippen LogP contribution is 2.21. The maximum atomic E-state index is 2.82. The zero-order chi connectivity index (χ0) is 11.5. The van der Waals surface area contributed by atoms with Crippen molar-refractivity contribution in [2.75, 3.05) is 30.8 Å². The van der Waals surface area contributed by atoms with Crippen molar-refractivity contribution < 1.29 is 0 Å². The third kappa shape index (κ3) is 2.56. The van der Waals surface area contributed by atoms with Crippen LogP contribution >= 0.6 is 9.24 Å². The highest BCUT2D eigenvalue weighted by molar-refractivity contribution is 7.16. The molecule has 1 saturated heterocycles. The average Bonchev–Trinajstić information content (AvgIpc) is 2.28. The minimum absolute atomic E-state index is 0.607. The van der Waals surface area contributed by atoms with E-state index in [1.165, 1.54) is 17.8 Å². The average molecular weight is 236 g/mol. The van der Waals surface area contributed by atoms with Gasteiger partial charge in [0.15, 0.2) is 0 Å². The summed E-state index contributed by atoms with van der Waals surface area (Å²) in [6.45, 7) is 7.94. The van der Waals surface area contributed by atoms with Gasteiger partial charge in [0, 0.05) is 37.6 Å². The van der Waals surface area contributed by atoms with Gasteiger partial charge in [0.25, 0.3) is 0 Å². The summed E-state index contributed by atoms with van der Waals surface area (Å²) >= 11 is 0. The van der Waals surface area contributed by atoms with Crippen LogP contribution in [0.2, 0.25) is 0 Å². The van der Waals surface area contributed by atoms with Crippen molar-refractivity contribution in [3.8, 4) is 0 Å². The fourth-order valence-corrected chi connectivity index (χ4v) is 2.72. The first-order valence-corrected chi connectivity index (χ1v) is 6.78. The van der Waals surface area contributed by atoms with E-state index in [4.69, 9.17) is 0 Å². The van der Waals surface area contributed by atoms with Crippen LogP contribution < -0.4 is 4.90 Å². The Morgan fingerprint density at radius 3 is 2.81 bits per heavy atom. The number of hydrogen-bond acceptors (Lipinski definition) is 2. The Bertz CT molecular complexity index is 354. The second-order valence-electron chi connectivity index (χ2n) is 4.64. The quantitative estimate of drug-likeness (QED) is 0.727. The van der Waals surface area contributed by atoms with E-state index in [0.717, 1.165) is 19.4 Å². The summed E-state index contributed by atoms with van der Waals surface area (Å²) in [5.74, 6) is 0. The molecule has 2 unspecified atom stereocenters. The maximum absolute atomic E-state index is 2.82. The Morgan fingerprint density at radius 1 is 1.38 bits per heavy atom. The molecule has 1 aromatic carbocycles. The summed E-state index contributed by atoms with van der Waals surface area (Å²) in [5, 5.41) is 0. The Hall–Kier alpha value is -0.590. The van der Waals surface area contributed by atoms with E-state index in [1.54, 1.807) is 0 Å². The summed E-state index contributed by atoms with van der Waals surface area (Å²) in [7, 11) is 2.82. The van der Waals surface area contributed by atoms with Crippen LogP contribution in [0.25, 0.3) is 0 Å². The molecule has 0 bridgehead atoms. The van der Waals surface area contributed by atoms with Crippen molar-refractivity contribution >= 4 is 14.9 Å². The van der Waals surface area contributed by atoms with E-state index in [-0.39, 0.29) is 0 Å². The molecule has 0 aliphatic carbocycles. The molecule has 2 atom stereocenters. The van der Waals surface area contributed by atoms with Crippen molar-refractivity contribution in [2.24, 2.45) is 0 Å². The first kappa shape index (κ1) is 11.9. The molecule has 1 aromatic rings. The maximum Gasteiger partial charge on any atom is 0.0389 e. The van der Waals surface area contributed by atoms with Gasteiger partial charge in [-0.15, -0.1) is 9.24 Å². The fraction of sp³-hybridized carbons (Fsp3) is 0.538. The second kappa shape index (κ2) is 5.16. The molecule has 1 aliphatic rings. The van der Waals surface area contributed by atoms with Gasteiger partial charge in [0.05, 0.1) is 0 Å². The van der Waals surface area contributed by atoms with Gasteiger partial charge in [-0.1, -0.05) is 12.1 Å². The van der Waals surface area contributed by atoms with Crippen LogP contribution in [0.15, 0.2) is 24.3 Å². The lowest BCUT2D eigenvalue weighted by Crippen LogP contribution is -2.51. The molecule has 0 saturated carbocycles. The van der Waals surface area contributed by atoms with Crippen LogP contribution in [0.5, 0.6) is 0 Å². The first-order chi connectivity index (χ1) is 7.70. The summed E-state index contributed by atoms with van der Waals surface area (Å²) in [5.41, 5.74) is 2.72. The Kier molecular flexibility index (Phi) is 3.83. The van der Waals surface area contributed by atoms with Gasteiger partial charge in [-0.2, -0.15) is 0 Å². The van der Waals surface area contributed by atoms with Crippen LogP contribution in [-0.4, -0.2) is 36.9 Å². The highest BCUT2D eigenvalue weighted by atomic mass is 31.0. The standard InChI is InChI=1S/C13H21N2P/c1-11-4-3-5-13(8-11)15-7-6-14(10-16)9-12(15)2/h3-5,8,12H,6-7,9-10,16H2,1-2H3. The minimum atomic E-state index is 0.607. The van der Waals surface area contributed by atoms with E-state index in [0.29, 0.717) is 6.04 Å². The zero-order valence-electron chi connectivity index (χ0n) is 10.2. The van der Waals surface area contributed by atoms with E-state index in [2.05, 4.69) is 57.2 Å². The molecule has 3 heteroatoms. The summed E-state index contributed by atoms with van der Waals surface area (Å²) in [6.07, 6.45) is 1.09. The number of benzene rings is 1. The van der Waals surface area contributed by atoms with Crippen LogP contribution in [0.3, 0.4) is 0 Å². The van der Waals surface area contributed by atoms with Gasteiger partial charge in [0.2, 0.25) is 0 Å². The molecule has 0 radical (unpaired) electrons. The highest BCUT2D eigenvalue weighted by Gasteiger charge is 2.22. The van der Waals surface area contributed by atoms with E-state index < -0.39 is 0 Å². The molecule has 0 spiro atoms. The van der Waals surface area contributed by atoms with Gasteiger partial charge in [-0.3, -0.25) is 4.90 Å². The molecule has 2 nitrogen and oxygen atoms in total. The Balaban J connectivity index is 2.11. The number of aryl methyl sites for hydroxylation is 1. The molecule has 1 aliphatic heterocycles. The lowest BCUT2D eigenvalue weighted by atomic mass is 10.1. The Morgan fingerprint density at radius 2 is 2.19 bits per heavy atom. The zero-order valence-corrected chi connectivity index (χ0v) is 11.3. The van der Waals surface area contributed by atoms with Crippen molar-refractivity contribution in [1.82, 2.24) is 4.90 Å². The molecule has 0 aromatic heterocycles. The van der Waals surface area contributed by atoms with Crippen molar-refractivity contribution in [3.05, 3.63) is 29.8 Å². The van der Waals surface area contributed by atoms with Crippen molar-refractivity contribution in [2.45, 2.75) is 19.9 Å². The molecular weight excluding hydrogens is 215 g/mol. The second-order valence-corrected chi connectivity index (χ2v) is 5.01. The third-order valence-corrected chi connectivity index (χ3v) is 3.82. The summed E-state index contributed by atoms with van der Waals surface area (Å²) in [6, 6.07) is 9.43.